The van der Waals surface area contributed by atoms with Crippen LogP contribution in [0.5, 0.6) is 11.5 Å². The first-order valence-corrected chi connectivity index (χ1v) is 7.63. The molecule has 0 saturated heterocycles. The summed E-state index contributed by atoms with van der Waals surface area (Å²) in [4.78, 5) is 15.4. The molecule has 0 aliphatic rings. The summed E-state index contributed by atoms with van der Waals surface area (Å²) in [5.41, 5.74) is 3.11. The summed E-state index contributed by atoms with van der Waals surface area (Å²) in [5.74, 6) is 0.206. The zero-order valence-corrected chi connectivity index (χ0v) is 13.3. The van der Waals surface area contributed by atoms with Crippen molar-refractivity contribution >= 4 is 5.97 Å². The van der Waals surface area contributed by atoms with Gasteiger partial charge >= 0.3 is 5.97 Å². The number of carbonyl (C=O) groups excluding carboxylic acids is 1. The van der Waals surface area contributed by atoms with E-state index in [9.17, 15) is 9.90 Å². The third-order valence-corrected chi connectivity index (χ3v) is 3.62. The van der Waals surface area contributed by atoms with Crippen molar-refractivity contribution in [3.8, 4) is 22.6 Å². The highest BCUT2D eigenvalue weighted by molar-refractivity contribution is 5.74. The number of esters is 1. The quantitative estimate of drug-likeness (QED) is 0.584. The number of aromatic nitrogens is 1. The summed E-state index contributed by atoms with van der Waals surface area (Å²) >= 11 is 0. The van der Waals surface area contributed by atoms with Gasteiger partial charge in [0, 0.05) is 25.1 Å². The number of carbonyl (C=O) groups is 1. The maximum Gasteiger partial charge on any atom is 0.308 e. The minimum atomic E-state index is -0.379. The Kier molecular flexibility index (Phi) is 4.57. The molecule has 0 fully saturated rings. The van der Waals surface area contributed by atoms with Gasteiger partial charge in [-0.25, -0.2) is 0 Å². The molecule has 120 valence electrons. The number of pyridine rings is 1. The van der Waals surface area contributed by atoms with Gasteiger partial charge in [0.2, 0.25) is 0 Å². The highest BCUT2D eigenvalue weighted by atomic mass is 16.5. The lowest BCUT2D eigenvalue weighted by Crippen LogP contribution is -2.01. The molecule has 2 aromatic carbocycles. The van der Waals surface area contributed by atoms with Crippen LogP contribution in [0.3, 0.4) is 0 Å². The molecule has 1 heterocycles. The van der Waals surface area contributed by atoms with Gasteiger partial charge < -0.3 is 9.84 Å². The molecule has 3 aromatic rings. The van der Waals surface area contributed by atoms with Crippen molar-refractivity contribution in [3.63, 3.8) is 0 Å². The van der Waals surface area contributed by atoms with Gasteiger partial charge in [-0.05, 0) is 29.3 Å². The molecule has 0 aliphatic heterocycles. The molecule has 4 nitrogen and oxygen atoms in total. The second-order valence-corrected chi connectivity index (χ2v) is 5.44. The largest absolute Gasteiger partial charge is 0.505 e. The van der Waals surface area contributed by atoms with Crippen LogP contribution in [-0.4, -0.2) is 16.1 Å². The maximum absolute atomic E-state index is 11.1. The number of benzene rings is 2. The molecule has 0 amide bonds. The van der Waals surface area contributed by atoms with Crippen LogP contribution in [0.1, 0.15) is 18.2 Å². The third-order valence-electron chi connectivity index (χ3n) is 3.62. The van der Waals surface area contributed by atoms with E-state index in [-0.39, 0.29) is 11.7 Å². The van der Waals surface area contributed by atoms with Crippen molar-refractivity contribution in [1.82, 2.24) is 4.98 Å². The molecule has 4 heteroatoms. The van der Waals surface area contributed by atoms with Crippen LogP contribution < -0.4 is 4.74 Å². The van der Waals surface area contributed by atoms with Crippen molar-refractivity contribution in [2.45, 2.75) is 13.3 Å². The Morgan fingerprint density at radius 2 is 1.88 bits per heavy atom. The van der Waals surface area contributed by atoms with Gasteiger partial charge in [-0.3, -0.25) is 9.78 Å². The predicted octanol–water partition coefficient (Wildman–Crippen LogP) is 3.97. The number of rotatable bonds is 4. The Morgan fingerprint density at radius 1 is 1.08 bits per heavy atom. The van der Waals surface area contributed by atoms with Crippen LogP contribution in [0, 0.1) is 0 Å². The van der Waals surface area contributed by atoms with Gasteiger partial charge in [0.25, 0.3) is 0 Å². The summed E-state index contributed by atoms with van der Waals surface area (Å²) in [6, 6.07) is 18.7. The van der Waals surface area contributed by atoms with Gasteiger partial charge in [-0.15, -0.1) is 0 Å². The Balaban J connectivity index is 1.95. The smallest absolute Gasteiger partial charge is 0.308 e. The normalized spacial score (nSPS) is 10.4. The van der Waals surface area contributed by atoms with Gasteiger partial charge in [0.1, 0.15) is 11.5 Å². The lowest BCUT2D eigenvalue weighted by Gasteiger charge is -2.10. The molecule has 0 atom stereocenters. The average molecular weight is 319 g/mol. The first-order valence-electron chi connectivity index (χ1n) is 7.63. The Morgan fingerprint density at radius 3 is 2.62 bits per heavy atom. The molecule has 1 N–H and O–H groups in total. The molecule has 24 heavy (non-hydrogen) atoms. The maximum atomic E-state index is 11.1. The van der Waals surface area contributed by atoms with E-state index in [1.54, 1.807) is 30.5 Å². The van der Waals surface area contributed by atoms with Crippen LogP contribution in [0.2, 0.25) is 0 Å². The van der Waals surface area contributed by atoms with Gasteiger partial charge in [-0.1, -0.05) is 42.5 Å². The fourth-order valence-electron chi connectivity index (χ4n) is 2.54. The highest BCUT2D eigenvalue weighted by Gasteiger charge is 2.12. The zero-order valence-electron chi connectivity index (χ0n) is 13.3. The molecule has 1 aromatic heterocycles. The minimum absolute atomic E-state index is 0.140. The van der Waals surface area contributed by atoms with E-state index in [0.717, 1.165) is 11.1 Å². The molecule has 0 radical (unpaired) electrons. The molecular formula is C20H17NO3. The van der Waals surface area contributed by atoms with Crippen LogP contribution in [0.15, 0.2) is 66.9 Å². The minimum Gasteiger partial charge on any atom is -0.505 e. The van der Waals surface area contributed by atoms with Crippen molar-refractivity contribution < 1.29 is 14.6 Å². The van der Waals surface area contributed by atoms with E-state index < -0.39 is 0 Å². The summed E-state index contributed by atoms with van der Waals surface area (Å²) in [6.45, 7) is 1.36. The molecule has 0 aliphatic carbocycles. The topological polar surface area (TPSA) is 59.4 Å². The van der Waals surface area contributed by atoms with Gasteiger partial charge in [-0.2, -0.15) is 0 Å². The summed E-state index contributed by atoms with van der Waals surface area (Å²) in [5, 5.41) is 10.6. The van der Waals surface area contributed by atoms with E-state index >= 15 is 0 Å². The molecule has 0 bridgehead atoms. The first-order chi connectivity index (χ1) is 11.6. The highest BCUT2D eigenvalue weighted by Crippen LogP contribution is 2.33. The number of hydrogen-bond donors (Lipinski definition) is 1. The summed E-state index contributed by atoms with van der Waals surface area (Å²) in [7, 11) is 0. The van der Waals surface area contributed by atoms with Crippen LogP contribution >= 0.6 is 0 Å². The molecule has 3 rings (SSSR count). The Labute approximate surface area is 140 Å². The first kappa shape index (κ1) is 15.7. The fraction of sp³-hybridized carbons (Fsp3) is 0.100. The van der Waals surface area contributed by atoms with Gasteiger partial charge in [0.05, 0.1) is 5.69 Å². The number of ether oxygens (including phenoxy) is 1. The molecule has 0 unspecified atom stereocenters. The second-order valence-electron chi connectivity index (χ2n) is 5.44. The zero-order chi connectivity index (χ0) is 16.9. The number of nitrogens with zero attached hydrogens (tertiary/aromatic N) is 1. The summed E-state index contributed by atoms with van der Waals surface area (Å²) in [6.07, 6.45) is 2.22. The molecule has 0 spiro atoms. The van der Waals surface area contributed by atoms with Crippen LogP contribution in [-0.2, 0) is 11.2 Å². The second kappa shape index (κ2) is 6.96. The third kappa shape index (κ3) is 3.60. The van der Waals surface area contributed by atoms with Crippen molar-refractivity contribution in [3.05, 3.63) is 78.1 Å². The van der Waals surface area contributed by atoms with Gasteiger partial charge in [0.15, 0.2) is 0 Å². The van der Waals surface area contributed by atoms with Crippen molar-refractivity contribution in [2.75, 3.05) is 0 Å². The summed E-state index contributed by atoms with van der Waals surface area (Å²) < 4.78 is 5.11. The average Bonchev–Trinajstić information content (AvgIpc) is 2.57. The molecule has 0 saturated carbocycles. The van der Waals surface area contributed by atoms with Crippen LogP contribution in [0.25, 0.3) is 11.1 Å². The lowest BCUT2D eigenvalue weighted by molar-refractivity contribution is -0.131. The molecular weight excluding hydrogens is 302 g/mol. The number of aromatic hydroxyl groups is 1. The SMILES string of the molecule is CC(=O)Oc1cccc(-c2ccnc(Cc3ccccc3)c2O)c1. The Hall–Kier alpha value is -3.14. The van der Waals surface area contributed by atoms with Crippen molar-refractivity contribution in [1.29, 1.82) is 0 Å². The predicted molar refractivity (Wildman–Crippen MR) is 91.9 cm³/mol. The lowest BCUT2D eigenvalue weighted by atomic mass is 10.0. The van der Waals surface area contributed by atoms with E-state index in [4.69, 9.17) is 4.74 Å². The van der Waals surface area contributed by atoms with Crippen LogP contribution in [0.4, 0.5) is 0 Å². The number of hydrogen-bond acceptors (Lipinski definition) is 4. The standard InChI is InChI=1S/C20H17NO3/c1-14(22)24-17-9-5-8-16(13-17)18-10-11-21-19(20(18)23)12-15-6-3-2-4-7-15/h2-11,13,23H,12H2,1H3. The van der Waals surface area contributed by atoms with E-state index in [0.29, 0.717) is 23.4 Å². The van der Waals surface area contributed by atoms with E-state index in [1.165, 1.54) is 6.92 Å². The van der Waals surface area contributed by atoms with Crippen molar-refractivity contribution in [2.24, 2.45) is 0 Å². The van der Waals surface area contributed by atoms with E-state index in [2.05, 4.69) is 4.98 Å². The van der Waals surface area contributed by atoms with E-state index in [1.807, 2.05) is 36.4 Å². The fourth-order valence-corrected chi connectivity index (χ4v) is 2.54. The Bertz CT molecular complexity index is 860. The monoisotopic (exact) mass is 319 g/mol.